The first-order valence-corrected chi connectivity index (χ1v) is 8.19. The Labute approximate surface area is 124 Å². The molecular weight excluding hydrogens is 300 g/mol. The van der Waals surface area contributed by atoms with Gasteiger partial charge in [0.05, 0.1) is 11.4 Å². The van der Waals surface area contributed by atoms with Gasteiger partial charge >= 0.3 is 0 Å². The van der Waals surface area contributed by atoms with Gasteiger partial charge in [0, 0.05) is 24.8 Å². The SMILES string of the molecule is COC(C)(C)C[C@@H](C)NS(=O)(=O)Cc1ccc(F)cc1F. The largest absolute Gasteiger partial charge is 0.379 e. The summed E-state index contributed by atoms with van der Waals surface area (Å²) in [5.41, 5.74) is -0.537. The highest BCUT2D eigenvalue weighted by atomic mass is 32.2. The smallest absolute Gasteiger partial charge is 0.216 e. The summed E-state index contributed by atoms with van der Waals surface area (Å²) in [6, 6.07) is 2.47. The van der Waals surface area contributed by atoms with Crippen LogP contribution in [0, 0.1) is 11.6 Å². The van der Waals surface area contributed by atoms with Gasteiger partial charge in [-0.2, -0.15) is 0 Å². The van der Waals surface area contributed by atoms with Gasteiger partial charge in [0.15, 0.2) is 0 Å². The van der Waals surface area contributed by atoms with Crippen LogP contribution in [-0.4, -0.2) is 27.2 Å². The van der Waals surface area contributed by atoms with Crippen LogP contribution in [0.15, 0.2) is 18.2 Å². The minimum absolute atomic E-state index is 0.0675. The second kappa shape index (κ2) is 6.81. The zero-order valence-corrected chi connectivity index (χ0v) is 13.4. The van der Waals surface area contributed by atoms with E-state index in [2.05, 4.69) is 4.72 Å². The van der Waals surface area contributed by atoms with Crippen LogP contribution in [0.25, 0.3) is 0 Å². The Morgan fingerprint density at radius 2 is 1.95 bits per heavy atom. The third kappa shape index (κ3) is 6.07. The monoisotopic (exact) mass is 321 g/mol. The maximum atomic E-state index is 13.5. The number of methoxy groups -OCH3 is 1. The molecule has 0 fully saturated rings. The number of hydrogen-bond acceptors (Lipinski definition) is 3. The van der Waals surface area contributed by atoms with Crippen molar-refractivity contribution in [3.05, 3.63) is 35.4 Å². The maximum Gasteiger partial charge on any atom is 0.216 e. The number of benzene rings is 1. The molecule has 1 aromatic carbocycles. The van der Waals surface area contributed by atoms with Crippen LogP contribution in [0.4, 0.5) is 8.78 Å². The third-order valence-corrected chi connectivity index (χ3v) is 4.54. The number of hydrogen-bond donors (Lipinski definition) is 1. The second-order valence-corrected chi connectivity index (χ2v) is 7.44. The standard InChI is InChI=1S/C14H21F2NO3S/c1-10(8-14(2,3)20-4)17-21(18,19)9-11-5-6-12(15)7-13(11)16/h5-7,10,17H,8-9H2,1-4H3/t10-/m1/s1. The first kappa shape index (κ1) is 18.0. The Hall–Kier alpha value is -1.05. The highest BCUT2D eigenvalue weighted by Crippen LogP contribution is 2.17. The molecule has 1 aromatic rings. The summed E-state index contributed by atoms with van der Waals surface area (Å²) in [7, 11) is -2.17. The molecule has 0 bridgehead atoms. The lowest BCUT2D eigenvalue weighted by atomic mass is 10.0. The molecule has 1 atom stereocenters. The summed E-state index contributed by atoms with van der Waals surface area (Å²) in [5, 5.41) is 0. The van der Waals surface area contributed by atoms with E-state index in [1.165, 1.54) is 0 Å². The van der Waals surface area contributed by atoms with Crippen LogP contribution < -0.4 is 4.72 Å². The number of rotatable bonds is 7. The number of halogens is 2. The molecule has 0 radical (unpaired) electrons. The zero-order chi connectivity index (χ0) is 16.3. The van der Waals surface area contributed by atoms with Gasteiger partial charge in [0.2, 0.25) is 10.0 Å². The molecule has 1 N–H and O–H groups in total. The summed E-state index contributed by atoms with van der Waals surface area (Å²) in [5.74, 6) is -2.14. The molecule has 120 valence electrons. The molecule has 0 heterocycles. The van der Waals surface area contributed by atoms with Gasteiger partial charge in [0.25, 0.3) is 0 Å². The van der Waals surface area contributed by atoms with Crippen LogP contribution in [0.2, 0.25) is 0 Å². The predicted octanol–water partition coefficient (Wildman–Crippen LogP) is 2.59. The van der Waals surface area contributed by atoms with E-state index in [1.54, 1.807) is 14.0 Å². The van der Waals surface area contributed by atoms with Crippen molar-refractivity contribution < 1.29 is 21.9 Å². The Bertz CT molecular complexity index is 588. The average Bonchev–Trinajstić information content (AvgIpc) is 2.31. The molecule has 0 unspecified atom stereocenters. The van der Waals surface area contributed by atoms with Gasteiger partial charge in [0.1, 0.15) is 11.6 Å². The molecular formula is C14H21F2NO3S. The van der Waals surface area contributed by atoms with Crippen molar-refractivity contribution in [1.29, 1.82) is 0 Å². The molecule has 0 aliphatic rings. The Balaban J connectivity index is 2.74. The predicted molar refractivity (Wildman–Crippen MR) is 77.3 cm³/mol. The van der Waals surface area contributed by atoms with Crippen LogP contribution in [0.1, 0.15) is 32.8 Å². The molecule has 21 heavy (non-hydrogen) atoms. The normalized spacial score (nSPS) is 14.2. The Morgan fingerprint density at radius 1 is 1.33 bits per heavy atom. The van der Waals surface area contributed by atoms with Crippen molar-refractivity contribution in [1.82, 2.24) is 4.72 Å². The van der Waals surface area contributed by atoms with Crippen molar-refractivity contribution in [2.45, 2.75) is 44.6 Å². The fourth-order valence-electron chi connectivity index (χ4n) is 2.05. The second-order valence-electron chi connectivity index (χ2n) is 5.68. The lowest BCUT2D eigenvalue weighted by Gasteiger charge is -2.26. The van der Waals surface area contributed by atoms with Crippen LogP contribution in [0.5, 0.6) is 0 Å². The molecule has 0 aromatic heterocycles. The summed E-state index contributed by atoms with van der Waals surface area (Å²) in [4.78, 5) is 0. The van der Waals surface area contributed by atoms with Crippen molar-refractivity contribution in [3.8, 4) is 0 Å². The minimum Gasteiger partial charge on any atom is -0.379 e. The highest BCUT2D eigenvalue weighted by molar-refractivity contribution is 7.88. The van der Waals surface area contributed by atoms with Crippen LogP contribution in [0.3, 0.4) is 0 Å². The van der Waals surface area contributed by atoms with E-state index >= 15 is 0 Å². The van der Waals surface area contributed by atoms with E-state index in [1.807, 2.05) is 13.8 Å². The van der Waals surface area contributed by atoms with Gasteiger partial charge < -0.3 is 4.74 Å². The lowest BCUT2D eigenvalue weighted by molar-refractivity contribution is 0.0103. The van der Waals surface area contributed by atoms with Gasteiger partial charge in [-0.1, -0.05) is 6.07 Å². The topological polar surface area (TPSA) is 55.4 Å². The minimum atomic E-state index is -3.72. The number of nitrogens with one attached hydrogen (secondary N) is 1. The average molecular weight is 321 g/mol. The third-order valence-electron chi connectivity index (χ3n) is 3.09. The maximum absolute atomic E-state index is 13.5. The van der Waals surface area contributed by atoms with Crippen molar-refractivity contribution >= 4 is 10.0 Å². The molecule has 7 heteroatoms. The first-order chi connectivity index (χ1) is 9.54. The first-order valence-electron chi connectivity index (χ1n) is 6.54. The highest BCUT2D eigenvalue weighted by Gasteiger charge is 2.24. The van der Waals surface area contributed by atoms with Gasteiger partial charge in [-0.05, 0) is 33.3 Å². The fourth-order valence-corrected chi connectivity index (χ4v) is 3.48. The summed E-state index contributed by atoms with van der Waals surface area (Å²) < 4.78 is 58.0. The van der Waals surface area contributed by atoms with Gasteiger partial charge in [-0.25, -0.2) is 21.9 Å². The number of sulfonamides is 1. The van der Waals surface area contributed by atoms with E-state index in [9.17, 15) is 17.2 Å². The van der Waals surface area contributed by atoms with Crippen molar-refractivity contribution in [2.75, 3.05) is 7.11 Å². The molecule has 4 nitrogen and oxygen atoms in total. The summed E-state index contributed by atoms with van der Waals surface area (Å²) >= 11 is 0. The molecule has 0 saturated carbocycles. The number of ether oxygens (including phenoxy) is 1. The Kier molecular flexibility index (Phi) is 5.83. The van der Waals surface area contributed by atoms with Crippen molar-refractivity contribution in [3.63, 3.8) is 0 Å². The van der Waals surface area contributed by atoms with Crippen molar-refractivity contribution in [2.24, 2.45) is 0 Å². The lowest BCUT2D eigenvalue weighted by Crippen LogP contribution is -2.39. The summed E-state index contributed by atoms with van der Waals surface area (Å²) in [6.45, 7) is 5.40. The molecule has 0 aliphatic carbocycles. The van der Waals surface area contributed by atoms with E-state index in [0.29, 0.717) is 12.5 Å². The molecule has 0 aliphatic heterocycles. The van der Waals surface area contributed by atoms with E-state index in [-0.39, 0.29) is 11.6 Å². The van der Waals surface area contributed by atoms with E-state index < -0.39 is 33.0 Å². The summed E-state index contributed by atoms with van der Waals surface area (Å²) in [6.07, 6.45) is 0.467. The molecule has 0 spiro atoms. The molecule has 0 saturated heterocycles. The molecule has 1 rings (SSSR count). The van der Waals surface area contributed by atoms with Gasteiger partial charge in [-0.3, -0.25) is 0 Å². The van der Waals surface area contributed by atoms with Crippen LogP contribution >= 0.6 is 0 Å². The molecule has 0 amide bonds. The fraction of sp³-hybridized carbons (Fsp3) is 0.571. The quantitative estimate of drug-likeness (QED) is 0.840. The van der Waals surface area contributed by atoms with E-state index in [4.69, 9.17) is 4.74 Å². The zero-order valence-electron chi connectivity index (χ0n) is 12.6. The Morgan fingerprint density at radius 3 is 2.48 bits per heavy atom. The van der Waals surface area contributed by atoms with E-state index in [0.717, 1.165) is 12.1 Å². The van der Waals surface area contributed by atoms with Gasteiger partial charge in [-0.15, -0.1) is 0 Å². The van der Waals surface area contributed by atoms with Crippen LogP contribution in [-0.2, 0) is 20.5 Å².